The minimum absolute atomic E-state index is 0.0383. The van der Waals surface area contributed by atoms with Crippen molar-refractivity contribution >= 4 is 29.3 Å². The maximum atomic E-state index is 12.6. The highest BCUT2D eigenvalue weighted by Crippen LogP contribution is 2.30. The molecule has 0 atom stereocenters. The quantitative estimate of drug-likeness (QED) is 0.495. The molecule has 3 aromatic rings. The van der Waals surface area contributed by atoms with Crippen molar-refractivity contribution in [3.63, 3.8) is 0 Å². The molecule has 0 saturated carbocycles. The van der Waals surface area contributed by atoms with Crippen molar-refractivity contribution in [1.82, 2.24) is 20.1 Å². The molecule has 0 spiro atoms. The van der Waals surface area contributed by atoms with Gasteiger partial charge in [-0.3, -0.25) is 4.79 Å². The van der Waals surface area contributed by atoms with E-state index in [-0.39, 0.29) is 5.91 Å². The second kappa shape index (κ2) is 9.94. The lowest BCUT2D eigenvalue weighted by Crippen LogP contribution is -2.28. The first kappa shape index (κ1) is 21.4. The Morgan fingerprint density at radius 2 is 1.86 bits per heavy atom. The number of nitrogens with one attached hydrogen (secondary N) is 1. The number of hydrogen-bond donors (Lipinski definition) is 1. The van der Waals surface area contributed by atoms with E-state index in [0.29, 0.717) is 28.8 Å². The van der Waals surface area contributed by atoms with Gasteiger partial charge >= 0.3 is 0 Å². The second-order valence-corrected chi connectivity index (χ2v) is 8.43. The Labute approximate surface area is 180 Å². The first-order chi connectivity index (χ1) is 14.0. The molecule has 0 bridgehead atoms. The molecule has 0 aliphatic heterocycles. The molecular weight excluding hydrogens is 404 g/mol. The van der Waals surface area contributed by atoms with Gasteiger partial charge in [0, 0.05) is 30.0 Å². The van der Waals surface area contributed by atoms with Crippen LogP contribution >= 0.6 is 23.4 Å². The number of hydrogen-bond acceptors (Lipinski definition) is 4. The molecule has 0 aliphatic carbocycles. The average molecular weight is 429 g/mol. The summed E-state index contributed by atoms with van der Waals surface area (Å²) in [6.45, 7) is 7.60. The molecule has 7 heteroatoms. The molecule has 0 saturated heterocycles. The van der Waals surface area contributed by atoms with Gasteiger partial charge in [-0.2, -0.15) is 0 Å². The summed E-state index contributed by atoms with van der Waals surface area (Å²) in [4.78, 5) is 12.6. The van der Waals surface area contributed by atoms with Gasteiger partial charge in [0.1, 0.15) is 0 Å². The number of carbonyl (C=O) groups is 1. The number of nitrogens with zero attached hydrogens (tertiary/aromatic N) is 3. The van der Waals surface area contributed by atoms with Gasteiger partial charge in [0.05, 0.1) is 5.02 Å². The summed E-state index contributed by atoms with van der Waals surface area (Å²) in [6.07, 6.45) is 0. The number of halogens is 1. The summed E-state index contributed by atoms with van der Waals surface area (Å²) >= 11 is 7.91. The van der Waals surface area contributed by atoms with Crippen molar-refractivity contribution in [3.8, 4) is 11.4 Å². The number of carbonyl (C=O) groups excluding carboxylic acids is 1. The average Bonchev–Trinajstić information content (AvgIpc) is 3.13. The maximum absolute atomic E-state index is 12.6. The zero-order valence-corrected chi connectivity index (χ0v) is 18.4. The van der Waals surface area contributed by atoms with Crippen molar-refractivity contribution in [2.24, 2.45) is 5.92 Å². The van der Waals surface area contributed by atoms with Gasteiger partial charge in [-0.15, -0.1) is 10.2 Å². The third-order valence-corrected chi connectivity index (χ3v) is 5.78. The smallest absolute Gasteiger partial charge is 0.251 e. The molecular formula is C22H25ClN4OS. The van der Waals surface area contributed by atoms with E-state index in [2.05, 4.69) is 36.3 Å². The number of thioether (sulfide) groups is 1. The standard InChI is InChI=1S/C22H25ClN4OS/c1-4-27-20(18-11-7-8-12-19(18)23)25-26-22(27)29-14-16-9-5-6-10-17(16)21(28)24-13-15(2)3/h5-12,15H,4,13-14H2,1-3H3,(H,24,28). The zero-order valence-electron chi connectivity index (χ0n) is 16.9. The van der Waals surface area contributed by atoms with Gasteiger partial charge in [0.15, 0.2) is 11.0 Å². The molecule has 5 nitrogen and oxygen atoms in total. The Morgan fingerprint density at radius 1 is 1.14 bits per heavy atom. The maximum Gasteiger partial charge on any atom is 0.251 e. The Hall–Kier alpha value is -2.31. The summed E-state index contributed by atoms with van der Waals surface area (Å²) in [5.41, 5.74) is 2.54. The predicted octanol–water partition coefficient (Wildman–Crippen LogP) is 5.30. The van der Waals surface area contributed by atoms with Crippen molar-refractivity contribution in [3.05, 3.63) is 64.7 Å². The van der Waals surface area contributed by atoms with Crippen LogP contribution in [0, 0.1) is 5.92 Å². The number of amides is 1. The molecule has 0 aliphatic rings. The first-order valence-electron chi connectivity index (χ1n) is 9.68. The van der Waals surface area contributed by atoms with Gasteiger partial charge in [0.2, 0.25) is 0 Å². The Kier molecular flexibility index (Phi) is 7.34. The molecule has 29 heavy (non-hydrogen) atoms. The molecule has 1 amide bonds. The van der Waals surface area contributed by atoms with E-state index in [1.54, 1.807) is 11.8 Å². The van der Waals surface area contributed by atoms with Crippen LogP contribution in [0.2, 0.25) is 5.02 Å². The van der Waals surface area contributed by atoms with Crippen LogP contribution < -0.4 is 5.32 Å². The number of aromatic nitrogens is 3. The minimum atomic E-state index is -0.0383. The summed E-state index contributed by atoms with van der Waals surface area (Å²) in [5, 5.41) is 13.2. The van der Waals surface area contributed by atoms with Crippen molar-refractivity contribution < 1.29 is 4.79 Å². The Bertz CT molecular complexity index is 986. The van der Waals surface area contributed by atoms with Crippen molar-refractivity contribution in [2.45, 2.75) is 38.2 Å². The predicted molar refractivity (Wildman–Crippen MR) is 119 cm³/mol. The van der Waals surface area contributed by atoms with E-state index >= 15 is 0 Å². The van der Waals surface area contributed by atoms with E-state index in [1.807, 2.05) is 53.1 Å². The zero-order chi connectivity index (χ0) is 20.8. The highest BCUT2D eigenvalue weighted by atomic mass is 35.5. The van der Waals surface area contributed by atoms with E-state index < -0.39 is 0 Å². The van der Waals surface area contributed by atoms with Crippen molar-refractivity contribution in [2.75, 3.05) is 6.54 Å². The van der Waals surface area contributed by atoms with Gasteiger partial charge in [-0.1, -0.05) is 67.5 Å². The number of benzene rings is 2. The minimum Gasteiger partial charge on any atom is -0.352 e. The lowest BCUT2D eigenvalue weighted by molar-refractivity contribution is 0.0948. The van der Waals surface area contributed by atoms with Crippen LogP contribution in [0.5, 0.6) is 0 Å². The molecule has 1 heterocycles. The normalized spacial score (nSPS) is 11.1. The third-order valence-electron chi connectivity index (χ3n) is 4.44. The van der Waals surface area contributed by atoms with Crippen LogP contribution in [0.3, 0.4) is 0 Å². The van der Waals surface area contributed by atoms with Gasteiger partial charge < -0.3 is 9.88 Å². The van der Waals surface area contributed by atoms with E-state index in [4.69, 9.17) is 11.6 Å². The molecule has 152 valence electrons. The Morgan fingerprint density at radius 3 is 2.59 bits per heavy atom. The van der Waals surface area contributed by atoms with E-state index in [0.717, 1.165) is 28.7 Å². The van der Waals surface area contributed by atoms with Crippen LogP contribution in [-0.2, 0) is 12.3 Å². The van der Waals surface area contributed by atoms with E-state index in [1.165, 1.54) is 0 Å². The van der Waals surface area contributed by atoms with Gasteiger partial charge in [0.25, 0.3) is 5.91 Å². The SMILES string of the molecule is CCn1c(SCc2ccccc2C(=O)NCC(C)C)nnc1-c1ccccc1Cl. The lowest BCUT2D eigenvalue weighted by Gasteiger charge is -2.12. The second-order valence-electron chi connectivity index (χ2n) is 7.08. The molecule has 1 aromatic heterocycles. The van der Waals surface area contributed by atoms with Crippen LogP contribution in [0.25, 0.3) is 11.4 Å². The summed E-state index contributed by atoms with van der Waals surface area (Å²) in [5.74, 6) is 1.75. The fourth-order valence-electron chi connectivity index (χ4n) is 2.92. The molecule has 2 aromatic carbocycles. The van der Waals surface area contributed by atoms with Crippen LogP contribution in [0.4, 0.5) is 0 Å². The largest absolute Gasteiger partial charge is 0.352 e. The molecule has 0 fully saturated rings. The summed E-state index contributed by atoms with van der Waals surface area (Å²) in [6, 6.07) is 15.3. The summed E-state index contributed by atoms with van der Waals surface area (Å²) < 4.78 is 2.05. The van der Waals surface area contributed by atoms with E-state index in [9.17, 15) is 4.79 Å². The van der Waals surface area contributed by atoms with Crippen LogP contribution in [0.15, 0.2) is 53.7 Å². The highest BCUT2D eigenvalue weighted by molar-refractivity contribution is 7.98. The fraction of sp³-hybridized carbons (Fsp3) is 0.318. The topological polar surface area (TPSA) is 59.8 Å². The van der Waals surface area contributed by atoms with Crippen LogP contribution in [0.1, 0.15) is 36.7 Å². The van der Waals surface area contributed by atoms with Crippen molar-refractivity contribution in [1.29, 1.82) is 0 Å². The van der Waals surface area contributed by atoms with Gasteiger partial charge in [-0.05, 0) is 36.6 Å². The van der Waals surface area contributed by atoms with Gasteiger partial charge in [-0.25, -0.2) is 0 Å². The summed E-state index contributed by atoms with van der Waals surface area (Å²) in [7, 11) is 0. The first-order valence-corrected chi connectivity index (χ1v) is 11.0. The fourth-order valence-corrected chi connectivity index (χ4v) is 4.15. The highest BCUT2D eigenvalue weighted by Gasteiger charge is 2.17. The van der Waals surface area contributed by atoms with Crippen LogP contribution in [-0.4, -0.2) is 27.2 Å². The number of rotatable bonds is 8. The lowest BCUT2D eigenvalue weighted by atomic mass is 10.1. The molecule has 0 radical (unpaired) electrons. The molecule has 0 unspecified atom stereocenters. The molecule has 1 N–H and O–H groups in total. The Balaban J connectivity index is 1.79. The third kappa shape index (κ3) is 5.19. The molecule has 3 rings (SSSR count). The monoisotopic (exact) mass is 428 g/mol.